The Morgan fingerprint density at radius 1 is 1.17 bits per heavy atom. The summed E-state index contributed by atoms with van der Waals surface area (Å²) in [5.74, 6) is -0.164. The summed E-state index contributed by atoms with van der Waals surface area (Å²) in [4.78, 5) is 29.8. The number of amides is 1. The highest BCUT2D eigenvalue weighted by Gasteiger charge is 2.30. The normalized spacial score (nSPS) is 17.1. The van der Waals surface area contributed by atoms with E-state index in [-0.39, 0.29) is 24.4 Å². The first kappa shape index (κ1) is 16.2. The van der Waals surface area contributed by atoms with Crippen molar-refractivity contribution in [2.24, 2.45) is 5.92 Å². The molecule has 1 unspecified atom stereocenters. The summed E-state index contributed by atoms with van der Waals surface area (Å²) in [7, 11) is 0. The number of pyridine rings is 1. The maximum Gasteiger partial charge on any atom is 0.338 e. The average molecular weight is 324 g/mol. The van der Waals surface area contributed by atoms with Crippen LogP contribution in [-0.4, -0.2) is 41.5 Å². The fraction of sp³-hybridized carbons (Fsp3) is 0.316. The third kappa shape index (κ3) is 4.19. The Balaban J connectivity index is 1.45. The summed E-state index contributed by atoms with van der Waals surface area (Å²) in [5.41, 5.74) is 1.70. The highest BCUT2D eigenvalue weighted by Crippen LogP contribution is 2.19. The molecule has 0 N–H and O–H groups in total. The SMILES string of the molecule is O=C(OCC1CC(=O)N(CCc2ccccc2)C1)c1ccncc1. The molecule has 0 radical (unpaired) electrons. The lowest BCUT2D eigenvalue weighted by molar-refractivity contribution is -0.127. The lowest BCUT2D eigenvalue weighted by Crippen LogP contribution is -2.28. The first-order valence-corrected chi connectivity index (χ1v) is 8.11. The van der Waals surface area contributed by atoms with Crippen LogP contribution >= 0.6 is 0 Å². The summed E-state index contributed by atoms with van der Waals surface area (Å²) < 4.78 is 5.33. The van der Waals surface area contributed by atoms with Crippen LogP contribution in [0.4, 0.5) is 0 Å². The average Bonchev–Trinajstić information content (AvgIpc) is 2.99. The Morgan fingerprint density at radius 2 is 1.92 bits per heavy atom. The lowest BCUT2D eigenvalue weighted by Gasteiger charge is -2.16. The molecular formula is C19H20N2O3. The van der Waals surface area contributed by atoms with Crippen LogP contribution in [0, 0.1) is 5.92 Å². The zero-order chi connectivity index (χ0) is 16.8. The molecule has 1 saturated heterocycles. The highest BCUT2D eigenvalue weighted by molar-refractivity contribution is 5.89. The van der Waals surface area contributed by atoms with Gasteiger partial charge in [0.15, 0.2) is 0 Å². The maximum absolute atomic E-state index is 12.1. The topological polar surface area (TPSA) is 59.5 Å². The molecular weight excluding hydrogens is 304 g/mol. The van der Waals surface area contributed by atoms with Gasteiger partial charge in [-0.05, 0) is 24.1 Å². The molecule has 24 heavy (non-hydrogen) atoms. The standard InChI is InChI=1S/C19H20N2O3/c22-18-12-16(14-24-19(23)17-6-9-20-10-7-17)13-21(18)11-8-15-4-2-1-3-5-15/h1-7,9-10,16H,8,11-14H2. The molecule has 0 spiro atoms. The number of nitrogens with zero attached hydrogens (tertiary/aromatic N) is 2. The van der Waals surface area contributed by atoms with E-state index in [4.69, 9.17) is 4.74 Å². The number of benzene rings is 1. The van der Waals surface area contributed by atoms with Crippen molar-refractivity contribution in [2.45, 2.75) is 12.8 Å². The lowest BCUT2D eigenvalue weighted by atomic mass is 10.1. The number of carbonyl (C=O) groups is 2. The van der Waals surface area contributed by atoms with E-state index in [2.05, 4.69) is 17.1 Å². The predicted octanol–water partition coefficient (Wildman–Crippen LogP) is 2.33. The number of hydrogen-bond acceptors (Lipinski definition) is 4. The Kier molecular flexibility index (Phi) is 5.21. The van der Waals surface area contributed by atoms with Crippen LogP contribution in [-0.2, 0) is 16.0 Å². The molecule has 0 saturated carbocycles. The number of rotatable bonds is 6. The Hall–Kier alpha value is -2.69. The zero-order valence-corrected chi connectivity index (χ0v) is 13.4. The van der Waals surface area contributed by atoms with E-state index in [0.29, 0.717) is 25.1 Å². The van der Waals surface area contributed by atoms with Crippen molar-refractivity contribution >= 4 is 11.9 Å². The van der Waals surface area contributed by atoms with Crippen LogP contribution in [0.5, 0.6) is 0 Å². The van der Waals surface area contributed by atoms with Gasteiger partial charge in [-0.1, -0.05) is 30.3 Å². The van der Waals surface area contributed by atoms with Crippen molar-refractivity contribution in [3.63, 3.8) is 0 Å². The molecule has 0 bridgehead atoms. The number of hydrogen-bond donors (Lipinski definition) is 0. The molecule has 0 aliphatic carbocycles. The number of ether oxygens (including phenoxy) is 1. The molecule has 1 amide bonds. The molecule has 1 aromatic carbocycles. The van der Waals surface area contributed by atoms with Crippen LogP contribution in [0.25, 0.3) is 0 Å². The van der Waals surface area contributed by atoms with Gasteiger partial charge < -0.3 is 9.64 Å². The van der Waals surface area contributed by atoms with Gasteiger partial charge in [-0.2, -0.15) is 0 Å². The van der Waals surface area contributed by atoms with Crippen molar-refractivity contribution in [2.75, 3.05) is 19.7 Å². The minimum absolute atomic E-state index is 0.0686. The number of aromatic nitrogens is 1. The van der Waals surface area contributed by atoms with Crippen molar-refractivity contribution < 1.29 is 14.3 Å². The van der Waals surface area contributed by atoms with Crippen molar-refractivity contribution in [3.05, 3.63) is 66.0 Å². The second-order valence-electron chi connectivity index (χ2n) is 5.98. The first-order chi connectivity index (χ1) is 11.7. The van der Waals surface area contributed by atoms with Gasteiger partial charge >= 0.3 is 5.97 Å². The van der Waals surface area contributed by atoms with Gasteiger partial charge in [0.05, 0.1) is 12.2 Å². The molecule has 1 fully saturated rings. The highest BCUT2D eigenvalue weighted by atomic mass is 16.5. The van der Waals surface area contributed by atoms with Crippen molar-refractivity contribution in [3.8, 4) is 0 Å². The van der Waals surface area contributed by atoms with Gasteiger partial charge in [0, 0.05) is 37.8 Å². The van der Waals surface area contributed by atoms with Crippen LogP contribution in [0.15, 0.2) is 54.9 Å². The molecule has 124 valence electrons. The van der Waals surface area contributed by atoms with Gasteiger partial charge in [0.2, 0.25) is 5.91 Å². The smallest absolute Gasteiger partial charge is 0.338 e. The van der Waals surface area contributed by atoms with E-state index >= 15 is 0 Å². The van der Waals surface area contributed by atoms with E-state index in [9.17, 15) is 9.59 Å². The molecule has 2 aromatic rings. The Labute approximate surface area is 141 Å². The van der Waals surface area contributed by atoms with E-state index < -0.39 is 0 Å². The zero-order valence-electron chi connectivity index (χ0n) is 13.4. The molecule has 3 rings (SSSR count). The third-order valence-corrected chi connectivity index (χ3v) is 4.17. The second-order valence-corrected chi connectivity index (χ2v) is 5.98. The summed E-state index contributed by atoms with van der Waals surface area (Å²) in [6.45, 7) is 1.63. The summed E-state index contributed by atoms with van der Waals surface area (Å²) >= 11 is 0. The van der Waals surface area contributed by atoms with E-state index in [0.717, 1.165) is 6.42 Å². The van der Waals surface area contributed by atoms with E-state index in [1.165, 1.54) is 5.56 Å². The van der Waals surface area contributed by atoms with Crippen LogP contribution in [0.1, 0.15) is 22.3 Å². The van der Waals surface area contributed by atoms with Gasteiger partial charge in [-0.3, -0.25) is 9.78 Å². The Bertz CT molecular complexity index is 688. The summed E-state index contributed by atoms with van der Waals surface area (Å²) in [6.07, 6.45) is 4.40. The van der Waals surface area contributed by atoms with Gasteiger partial charge in [0.1, 0.15) is 0 Å². The molecule has 1 aromatic heterocycles. The summed E-state index contributed by atoms with van der Waals surface area (Å²) in [5, 5.41) is 0. The molecule has 1 atom stereocenters. The molecule has 5 nitrogen and oxygen atoms in total. The number of likely N-dealkylation sites (tertiary alicyclic amines) is 1. The van der Waals surface area contributed by atoms with Crippen LogP contribution in [0.2, 0.25) is 0 Å². The third-order valence-electron chi connectivity index (χ3n) is 4.17. The molecule has 2 heterocycles. The first-order valence-electron chi connectivity index (χ1n) is 8.11. The van der Waals surface area contributed by atoms with Gasteiger partial charge in [-0.15, -0.1) is 0 Å². The molecule has 1 aliphatic heterocycles. The number of carbonyl (C=O) groups excluding carboxylic acids is 2. The largest absolute Gasteiger partial charge is 0.462 e. The number of esters is 1. The quantitative estimate of drug-likeness (QED) is 0.765. The second kappa shape index (κ2) is 7.73. The van der Waals surface area contributed by atoms with Gasteiger partial charge in [0.25, 0.3) is 0 Å². The van der Waals surface area contributed by atoms with E-state index in [1.54, 1.807) is 24.5 Å². The predicted molar refractivity (Wildman–Crippen MR) is 89.4 cm³/mol. The Morgan fingerprint density at radius 3 is 2.67 bits per heavy atom. The molecule has 5 heteroatoms. The fourth-order valence-electron chi connectivity index (χ4n) is 2.86. The minimum atomic E-state index is -0.368. The van der Waals surface area contributed by atoms with Gasteiger partial charge in [-0.25, -0.2) is 4.79 Å². The fourth-order valence-corrected chi connectivity index (χ4v) is 2.86. The molecule has 1 aliphatic rings. The van der Waals surface area contributed by atoms with E-state index in [1.807, 2.05) is 23.1 Å². The van der Waals surface area contributed by atoms with Crippen molar-refractivity contribution in [1.29, 1.82) is 0 Å². The maximum atomic E-state index is 12.1. The van der Waals surface area contributed by atoms with Crippen LogP contribution in [0.3, 0.4) is 0 Å². The minimum Gasteiger partial charge on any atom is -0.462 e. The van der Waals surface area contributed by atoms with Crippen LogP contribution < -0.4 is 0 Å². The van der Waals surface area contributed by atoms with Crippen molar-refractivity contribution in [1.82, 2.24) is 9.88 Å². The monoisotopic (exact) mass is 324 g/mol. The summed E-state index contributed by atoms with van der Waals surface area (Å²) in [6, 6.07) is 13.4.